The van der Waals surface area contributed by atoms with Crippen LogP contribution < -0.4 is 14.9 Å². The first-order chi connectivity index (χ1) is 13.2. The van der Waals surface area contributed by atoms with Crippen LogP contribution in [0.15, 0.2) is 38.3 Å². The number of nitro groups is 1. The smallest absolute Gasteiger partial charge is 0.311 e. The number of benzene rings is 2. The second-order valence-corrected chi connectivity index (χ2v) is 7.09. The Hall–Kier alpha value is -2.66. The normalized spacial score (nSPS) is 10.7. The maximum absolute atomic E-state index is 11.9. The molecule has 0 aromatic heterocycles. The number of ether oxygens (including phenoxy) is 2. The van der Waals surface area contributed by atoms with Crippen LogP contribution in [-0.4, -0.2) is 35.9 Å². The molecule has 0 aliphatic heterocycles. The Morgan fingerprint density at radius 3 is 2.71 bits per heavy atom. The lowest BCUT2D eigenvalue weighted by molar-refractivity contribution is -0.385. The van der Waals surface area contributed by atoms with E-state index in [2.05, 4.69) is 42.4 Å². The van der Waals surface area contributed by atoms with E-state index in [-0.39, 0.29) is 28.5 Å². The third-order valence-electron chi connectivity index (χ3n) is 3.47. The summed E-state index contributed by atoms with van der Waals surface area (Å²) in [6, 6.07) is 5.98. The van der Waals surface area contributed by atoms with Crippen LogP contribution in [-0.2, 0) is 4.79 Å². The van der Waals surface area contributed by atoms with Crippen molar-refractivity contribution in [2.75, 3.05) is 13.7 Å². The Kier molecular flexibility index (Phi) is 7.35. The van der Waals surface area contributed by atoms with Crippen molar-refractivity contribution < 1.29 is 24.3 Å². The Morgan fingerprint density at radius 1 is 1.36 bits per heavy atom. The maximum Gasteiger partial charge on any atom is 0.311 e. The molecule has 148 valence electrons. The van der Waals surface area contributed by atoms with E-state index in [1.807, 2.05) is 0 Å². The summed E-state index contributed by atoms with van der Waals surface area (Å²) in [4.78, 5) is 22.4. The number of nitrogens with zero attached hydrogens (tertiary/aromatic N) is 2. The van der Waals surface area contributed by atoms with Crippen LogP contribution in [0, 0.1) is 17.0 Å². The number of carbonyl (C=O) groups excluding carboxylic acids is 1. The van der Waals surface area contributed by atoms with Gasteiger partial charge in [0.1, 0.15) is 0 Å². The summed E-state index contributed by atoms with van der Waals surface area (Å²) in [5.41, 5.74) is 2.97. The molecular weight excluding hydrogens is 502 g/mol. The minimum absolute atomic E-state index is 0.0214. The standard InChI is InChI=1S/C17H15Br2N3O6/c1-9-3-4-13(12(5-9)22(25)26)28-8-15(23)21-20-7-10-16(19)11(18)6-14(27-2)17(10)24/h3-7,24H,8H2,1-2H3,(H,21,23)/b20-7+. The number of phenols is 1. The number of amides is 1. The summed E-state index contributed by atoms with van der Waals surface area (Å²) < 4.78 is 11.4. The number of phenolic OH excluding ortho intramolecular Hbond substituents is 1. The molecule has 0 saturated heterocycles. The van der Waals surface area contributed by atoms with Gasteiger partial charge < -0.3 is 14.6 Å². The van der Waals surface area contributed by atoms with E-state index in [4.69, 9.17) is 9.47 Å². The highest BCUT2D eigenvalue weighted by Gasteiger charge is 2.17. The van der Waals surface area contributed by atoms with Crippen molar-refractivity contribution in [3.8, 4) is 17.2 Å². The van der Waals surface area contributed by atoms with E-state index < -0.39 is 17.4 Å². The number of hydrogen-bond acceptors (Lipinski definition) is 7. The van der Waals surface area contributed by atoms with Gasteiger partial charge in [-0.25, -0.2) is 5.43 Å². The van der Waals surface area contributed by atoms with Crippen LogP contribution in [0.5, 0.6) is 17.2 Å². The number of aromatic hydroxyl groups is 1. The maximum atomic E-state index is 11.9. The first-order valence-electron chi connectivity index (χ1n) is 7.69. The van der Waals surface area contributed by atoms with Crippen molar-refractivity contribution in [3.05, 3.63) is 54.5 Å². The molecule has 0 fully saturated rings. The molecule has 9 nitrogen and oxygen atoms in total. The fourth-order valence-corrected chi connectivity index (χ4v) is 2.95. The zero-order valence-corrected chi connectivity index (χ0v) is 17.9. The van der Waals surface area contributed by atoms with Gasteiger partial charge >= 0.3 is 5.69 Å². The summed E-state index contributed by atoms with van der Waals surface area (Å²) in [5, 5.41) is 25.0. The van der Waals surface area contributed by atoms with Gasteiger partial charge in [0.15, 0.2) is 23.9 Å². The molecule has 28 heavy (non-hydrogen) atoms. The summed E-state index contributed by atoms with van der Waals surface area (Å²) in [6.45, 7) is 1.23. The second-order valence-electron chi connectivity index (χ2n) is 5.45. The zero-order chi connectivity index (χ0) is 20.8. The lowest BCUT2D eigenvalue weighted by Gasteiger charge is -2.10. The molecule has 0 heterocycles. The van der Waals surface area contributed by atoms with Gasteiger partial charge in [-0.3, -0.25) is 14.9 Å². The zero-order valence-electron chi connectivity index (χ0n) is 14.7. The van der Waals surface area contributed by atoms with Gasteiger partial charge in [-0.15, -0.1) is 0 Å². The fourth-order valence-electron chi connectivity index (χ4n) is 2.12. The lowest BCUT2D eigenvalue weighted by atomic mass is 10.2. The molecule has 11 heteroatoms. The number of halogens is 2. The average molecular weight is 517 g/mol. The largest absolute Gasteiger partial charge is 0.504 e. The number of nitro benzene ring substituents is 1. The molecule has 0 aliphatic rings. The van der Waals surface area contributed by atoms with Crippen LogP contribution in [0.25, 0.3) is 0 Å². The van der Waals surface area contributed by atoms with E-state index in [0.717, 1.165) is 0 Å². The van der Waals surface area contributed by atoms with Gasteiger partial charge in [0.25, 0.3) is 5.91 Å². The predicted molar refractivity (Wildman–Crippen MR) is 109 cm³/mol. The molecule has 0 bridgehead atoms. The monoisotopic (exact) mass is 515 g/mol. The molecule has 2 rings (SSSR count). The molecule has 2 aromatic carbocycles. The lowest BCUT2D eigenvalue weighted by Crippen LogP contribution is -2.24. The summed E-state index contributed by atoms with van der Waals surface area (Å²) in [5.74, 6) is -0.601. The van der Waals surface area contributed by atoms with Crippen molar-refractivity contribution in [1.29, 1.82) is 0 Å². The Bertz CT molecular complexity index is 949. The van der Waals surface area contributed by atoms with Crippen molar-refractivity contribution in [2.45, 2.75) is 6.92 Å². The van der Waals surface area contributed by atoms with Crippen molar-refractivity contribution >= 4 is 49.7 Å². The first kappa shape index (κ1) is 21.6. The van der Waals surface area contributed by atoms with Crippen LogP contribution in [0.2, 0.25) is 0 Å². The number of methoxy groups -OCH3 is 1. The number of nitrogens with one attached hydrogen (secondary N) is 1. The molecule has 0 aliphatic carbocycles. The van der Waals surface area contributed by atoms with Gasteiger partial charge in [0, 0.05) is 15.0 Å². The quantitative estimate of drug-likeness (QED) is 0.329. The number of hydrazone groups is 1. The summed E-state index contributed by atoms with van der Waals surface area (Å²) >= 11 is 6.60. The van der Waals surface area contributed by atoms with E-state index in [1.54, 1.807) is 19.1 Å². The van der Waals surface area contributed by atoms with Gasteiger partial charge in [-0.2, -0.15) is 5.10 Å². The minimum Gasteiger partial charge on any atom is -0.504 e. The summed E-state index contributed by atoms with van der Waals surface area (Å²) in [7, 11) is 1.40. The van der Waals surface area contributed by atoms with Gasteiger partial charge in [-0.05, 0) is 56.5 Å². The molecule has 0 spiro atoms. The van der Waals surface area contributed by atoms with Crippen molar-refractivity contribution in [1.82, 2.24) is 5.43 Å². The van der Waals surface area contributed by atoms with Crippen molar-refractivity contribution in [3.63, 3.8) is 0 Å². The topological polar surface area (TPSA) is 123 Å². The van der Waals surface area contributed by atoms with Crippen LogP contribution in [0.3, 0.4) is 0 Å². The third-order valence-corrected chi connectivity index (χ3v) is 5.48. The minimum atomic E-state index is -0.635. The molecule has 1 amide bonds. The van der Waals surface area contributed by atoms with Crippen LogP contribution >= 0.6 is 31.9 Å². The molecular formula is C17H15Br2N3O6. The highest BCUT2D eigenvalue weighted by Crippen LogP contribution is 2.39. The van der Waals surface area contributed by atoms with Gasteiger partial charge in [-0.1, -0.05) is 6.07 Å². The van der Waals surface area contributed by atoms with Crippen LogP contribution in [0.1, 0.15) is 11.1 Å². The Morgan fingerprint density at radius 2 is 2.07 bits per heavy atom. The molecule has 0 saturated carbocycles. The Labute approximate surface area is 176 Å². The fraction of sp³-hybridized carbons (Fsp3) is 0.176. The number of carbonyl (C=O) groups is 1. The molecule has 0 atom stereocenters. The molecule has 2 N–H and O–H groups in total. The molecule has 0 unspecified atom stereocenters. The highest BCUT2D eigenvalue weighted by atomic mass is 79.9. The average Bonchev–Trinajstić information content (AvgIpc) is 2.66. The second kappa shape index (κ2) is 9.51. The van der Waals surface area contributed by atoms with E-state index >= 15 is 0 Å². The SMILES string of the molecule is COc1cc(Br)c(Br)c(/C=N/NC(=O)COc2ccc(C)cc2[N+](=O)[O-])c1O. The first-order valence-corrected chi connectivity index (χ1v) is 9.28. The van der Waals surface area contributed by atoms with E-state index in [0.29, 0.717) is 14.5 Å². The number of hydrogen-bond donors (Lipinski definition) is 2. The van der Waals surface area contributed by atoms with Crippen LogP contribution in [0.4, 0.5) is 5.69 Å². The third kappa shape index (κ3) is 5.20. The summed E-state index contributed by atoms with van der Waals surface area (Å²) in [6.07, 6.45) is 1.22. The molecule has 2 aromatic rings. The Balaban J connectivity index is 2.04. The van der Waals surface area contributed by atoms with E-state index in [1.165, 1.54) is 25.5 Å². The van der Waals surface area contributed by atoms with Gasteiger partial charge in [0.05, 0.1) is 23.8 Å². The number of aryl methyl sites for hydroxylation is 1. The highest BCUT2D eigenvalue weighted by molar-refractivity contribution is 9.13. The predicted octanol–water partition coefficient (Wildman–Crippen LogP) is 3.67. The van der Waals surface area contributed by atoms with Gasteiger partial charge in [0.2, 0.25) is 0 Å². The molecule has 0 radical (unpaired) electrons. The van der Waals surface area contributed by atoms with E-state index in [9.17, 15) is 20.0 Å². The van der Waals surface area contributed by atoms with Crippen molar-refractivity contribution in [2.24, 2.45) is 5.10 Å². The number of rotatable bonds is 7.